The maximum absolute atomic E-state index is 6.72. The van der Waals surface area contributed by atoms with E-state index >= 15 is 0 Å². The van der Waals surface area contributed by atoms with Gasteiger partial charge in [0.15, 0.2) is 0 Å². The summed E-state index contributed by atoms with van der Waals surface area (Å²) in [6.07, 6.45) is 3.71. The van der Waals surface area contributed by atoms with E-state index in [1.165, 1.54) is 16.8 Å². The molecule has 2 aromatic rings. The lowest BCUT2D eigenvalue weighted by Gasteiger charge is -2.24. The Labute approximate surface area is 134 Å². The van der Waals surface area contributed by atoms with Crippen molar-refractivity contribution in [2.45, 2.75) is 51.6 Å². The predicted octanol–water partition coefficient (Wildman–Crippen LogP) is 3.27. The van der Waals surface area contributed by atoms with Crippen molar-refractivity contribution in [3.63, 3.8) is 0 Å². The first kappa shape index (κ1) is 14.8. The van der Waals surface area contributed by atoms with E-state index in [9.17, 15) is 0 Å². The van der Waals surface area contributed by atoms with Gasteiger partial charge in [-0.1, -0.05) is 31.2 Å². The standard InChI is InChI=1S/C17H22BrN3/c1-3-14-16(18)15(21(4-2)20-14)11-17(19)9-12-7-5-6-8-13(12)10-17/h5-8H,3-4,9-11,19H2,1-2H3. The van der Waals surface area contributed by atoms with Crippen LogP contribution in [0.2, 0.25) is 0 Å². The van der Waals surface area contributed by atoms with Gasteiger partial charge in [-0.25, -0.2) is 0 Å². The fourth-order valence-electron chi connectivity index (χ4n) is 3.37. The Bertz CT molecular complexity index is 635. The molecule has 1 aliphatic carbocycles. The Morgan fingerprint density at radius 3 is 2.38 bits per heavy atom. The summed E-state index contributed by atoms with van der Waals surface area (Å²) >= 11 is 3.73. The Morgan fingerprint density at radius 2 is 1.86 bits per heavy atom. The number of hydrogen-bond acceptors (Lipinski definition) is 2. The summed E-state index contributed by atoms with van der Waals surface area (Å²) in [5.74, 6) is 0. The summed E-state index contributed by atoms with van der Waals surface area (Å²) in [5, 5.41) is 4.68. The first-order chi connectivity index (χ1) is 10.1. The van der Waals surface area contributed by atoms with E-state index in [1.54, 1.807) is 0 Å². The van der Waals surface area contributed by atoms with Crippen LogP contribution >= 0.6 is 15.9 Å². The van der Waals surface area contributed by atoms with Crippen LogP contribution in [0.3, 0.4) is 0 Å². The topological polar surface area (TPSA) is 43.8 Å². The van der Waals surface area contributed by atoms with E-state index in [-0.39, 0.29) is 5.54 Å². The van der Waals surface area contributed by atoms with Gasteiger partial charge in [0, 0.05) is 18.5 Å². The molecule has 21 heavy (non-hydrogen) atoms. The number of nitrogens with two attached hydrogens (primary N) is 1. The molecule has 1 aromatic heterocycles. The molecule has 0 spiro atoms. The molecule has 3 nitrogen and oxygen atoms in total. The summed E-state index contributed by atoms with van der Waals surface area (Å²) in [4.78, 5) is 0. The smallest absolute Gasteiger partial charge is 0.0766 e. The minimum Gasteiger partial charge on any atom is -0.324 e. The van der Waals surface area contributed by atoms with Crippen LogP contribution in [0.25, 0.3) is 0 Å². The number of fused-ring (bicyclic) bond motifs is 1. The van der Waals surface area contributed by atoms with Crippen LogP contribution in [-0.2, 0) is 32.2 Å². The van der Waals surface area contributed by atoms with Crippen LogP contribution in [0.15, 0.2) is 28.7 Å². The van der Waals surface area contributed by atoms with E-state index in [0.29, 0.717) is 0 Å². The first-order valence-electron chi connectivity index (χ1n) is 7.66. The van der Waals surface area contributed by atoms with Crippen LogP contribution in [0.5, 0.6) is 0 Å². The number of aromatic nitrogens is 2. The Kier molecular flexibility index (Phi) is 3.93. The summed E-state index contributed by atoms with van der Waals surface area (Å²) in [6, 6.07) is 8.61. The maximum Gasteiger partial charge on any atom is 0.0766 e. The van der Waals surface area contributed by atoms with Gasteiger partial charge in [0.1, 0.15) is 0 Å². The second-order valence-electron chi connectivity index (χ2n) is 6.04. The van der Waals surface area contributed by atoms with Crippen molar-refractivity contribution in [1.82, 2.24) is 9.78 Å². The zero-order chi connectivity index (χ0) is 15.0. The highest BCUT2D eigenvalue weighted by molar-refractivity contribution is 9.10. The van der Waals surface area contributed by atoms with E-state index in [4.69, 9.17) is 5.73 Å². The molecule has 0 fully saturated rings. The van der Waals surface area contributed by atoms with Gasteiger partial charge in [-0.2, -0.15) is 5.10 Å². The number of hydrogen-bond donors (Lipinski definition) is 1. The third-order valence-electron chi connectivity index (χ3n) is 4.42. The fraction of sp³-hybridized carbons (Fsp3) is 0.471. The van der Waals surface area contributed by atoms with Gasteiger partial charge in [-0.05, 0) is 53.2 Å². The normalized spacial score (nSPS) is 16.2. The van der Waals surface area contributed by atoms with Crippen molar-refractivity contribution < 1.29 is 0 Å². The van der Waals surface area contributed by atoms with Crippen molar-refractivity contribution in [3.8, 4) is 0 Å². The molecular weight excluding hydrogens is 326 g/mol. The molecule has 0 bridgehead atoms. The lowest BCUT2D eigenvalue weighted by Crippen LogP contribution is -2.43. The lowest BCUT2D eigenvalue weighted by molar-refractivity contribution is 0.426. The second-order valence-corrected chi connectivity index (χ2v) is 6.83. The number of rotatable bonds is 4. The van der Waals surface area contributed by atoms with E-state index in [0.717, 1.165) is 42.4 Å². The molecule has 0 saturated carbocycles. The monoisotopic (exact) mass is 347 g/mol. The van der Waals surface area contributed by atoms with Crippen LogP contribution in [-0.4, -0.2) is 15.3 Å². The minimum absolute atomic E-state index is 0.190. The molecule has 0 amide bonds. The largest absolute Gasteiger partial charge is 0.324 e. The molecule has 0 atom stereocenters. The molecule has 1 aromatic carbocycles. The van der Waals surface area contributed by atoms with Crippen molar-refractivity contribution in [2.24, 2.45) is 5.73 Å². The predicted molar refractivity (Wildman–Crippen MR) is 89.5 cm³/mol. The molecule has 4 heteroatoms. The zero-order valence-corrected chi connectivity index (χ0v) is 14.3. The highest BCUT2D eigenvalue weighted by Crippen LogP contribution is 2.33. The molecule has 0 aliphatic heterocycles. The van der Waals surface area contributed by atoms with Crippen LogP contribution in [0.4, 0.5) is 0 Å². The molecule has 112 valence electrons. The van der Waals surface area contributed by atoms with Crippen molar-refractivity contribution in [2.75, 3.05) is 0 Å². The van der Waals surface area contributed by atoms with Gasteiger partial charge in [-0.15, -0.1) is 0 Å². The molecular formula is C17H22BrN3. The Balaban J connectivity index is 1.90. The summed E-state index contributed by atoms with van der Waals surface area (Å²) in [7, 11) is 0. The molecule has 1 heterocycles. The fourth-order valence-corrected chi connectivity index (χ4v) is 4.07. The highest BCUT2D eigenvalue weighted by atomic mass is 79.9. The molecule has 2 N–H and O–H groups in total. The zero-order valence-electron chi connectivity index (χ0n) is 12.7. The third kappa shape index (κ3) is 2.67. The van der Waals surface area contributed by atoms with Gasteiger partial charge in [-0.3, -0.25) is 4.68 Å². The summed E-state index contributed by atoms with van der Waals surface area (Å²) < 4.78 is 3.24. The number of halogens is 1. The maximum atomic E-state index is 6.72. The summed E-state index contributed by atoms with van der Waals surface area (Å²) in [6.45, 7) is 5.16. The van der Waals surface area contributed by atoms with Gasteiger partial charge in [0.2, 0.25) is 0 Å². The Hall–Kier alpha value is -1.13. The van der Waals surface area contributed by atoms with Crippen molar-refractivity contribution in [1.29, 1.82) is 0 Å². The highest BCUT2D eigenvalue weighted by Gasteiger charge is 2.35. The number of aryl methyl sites for hydroxylation is 2. The van der Waals surface area contributed by atoms with Crippen LogP contribution in [0, 0.1) is 0 Å². The first-order valence-corrected chi connectivity index (χ1v) is 8.45. The van der Waals surface area contributed by atoms with E-state index in [2.05, 4.69) is 63.8 Å². The average Bonchev–Trinajstić information content (AvgIpc) is 2.96. The van der Waals surface area contributed by atoms with Gasteiger partial charge < -0.3 is 5.73 Å². The number of nitrogens with zero attached hydrogens (tertiary/aromatic N) is 2. The van der Waals surface area contributed by atoms with Gasteiger partial charge >= 0.3 is 0 Å². The van der Waals surface area contributed by atoms with Crippen molar-refractivity contribution in [3.05, 3.63) is 51.3 Å². The molecule has 0 unspecified atom stereocenters. The van der Waals surface area contributed by atoms with Gasteiger partial charge in [0.05, 0.1) is 15.9 Å². The summed E-state index contributed by atoms with van der Waals surface area (Å²) in [5.41, 5.74) is 11.7. The van der Waals surface area contributed by atoms with E-state index < -0.39 is 0 Å². The number of benzene rings is 1. The molecule has 0 saturated heterocycles. The van der Waals surface area contributed by atoms with E-state index in [1.807, 2.05) is 0 Å². The molecule has 1 aliphatic rings. The molecule has 0 radical (unpaired) electrons. The van der Waals surface area contributed by atoms with Crippen molar-refractivity contribution >= 4 is 15.9 Å². The van der Waals surface area contributed by atoms with Crippen LogP contribution < -0.4 is 5.73 Å². The second kappa shape index (κ2) is 5.58. The quantitative estimate of drug-likeness (QED) is 0.922. The lowest BCUT2D eigenvalue weighted by atomic mass is 9.91. The van der Waals surface area contributed by atoms with Crippen LogP contribution in [0.1, 0.15) is 36.4 Å². The molecule has 3 rings (SSSR count). The third-order valence-corrected chi connectivity index (χ3v) is 5.33. The Morgan fingerprint density at radius 1 is 1.24 bits per heavy atom. The van der Waals surface area contributed by atoms with Gasteiger partial charge in [0.25, 0.3) is 0 Å². The average molecular weight is 348 g/mol. The minimum atomic E-state index is -0.190. The SMILES string of the molecule is CCc1nn(CC)c(CC2(N)Cc3ccccc3C2)c1Br.